The van der Waals surface area contributed by atoms with Crippen LogP contribution >= 0.6 is 9.24 Å². The second kappa shape index (κ2) is 11.3. The largest absolute Gasteiger partial charge is 0.497 e. The summed E-state index contributed by atoms with van der Waals surface area (Å²) in [4.78, 5) is 0. The minimum absolute atomic E-state index is 0. The summed E-state index contributed by atoms with van der Waals surface area (Å²) in [6.45, 7) is 2.02. The van der Waals surface area contributed by atoms with E-state index < -0.39 is 0 Å². The van der Waals surface area contributed by atoms with Gasteiger partial charge in [-0.2, -0.15) is 0 Å². The van der Waals surface area contributed by atoms with Gasteiger partial charge >= 0.3 is 0 Å². The van der Waals surface area contributed by atoms with Crippen molar-refractivity contribution in [2.24, 2.45) is 0 Å². The van der Waals surface area contributed by atoms with E-state index in [1.807, 2.05) is 31.2 Å². The maximum atomic E-state index is 5.56. The average Bonchev–Trinajstić information content (AvgIpc) is 2.53. The topological polar surface area (TPSA) is 36.9 Å². The van der Waals surface area contributed by atoms with Gasteiger partial charge in [-0.15, -0.1) is 9.24 Å². The second-order valence-corrected chi connectivity index (χ2v) is 5.44. The molecule has 24 heavy (non-hydrogen) atoms. The van der Waals surface area contributed by atoms with Gasteiger partial charge in [-0.1, -0.05) is 0 Å². The van der Waals surface area contributed by atoms with Gasteiger partial charge in [0, 0.05) is 98.7 Å². The summed E-state index contributed by atoms with van der Waals surface area (Å²) >= 11 is 0. The Balaban J connectivity index is 0.00000264. The number of hydrogen-bond donors (Lipinski definition) is 0. The Bertz CT molecular complexity index is 633. The number of hydrogen-bond acceptors (Lipinski definition) is 4. The Morgan fingerprint density at radius 1 is 0.667 bits per heavy atom. The molecule has 4 nitrogen and oxygen atoms in total. The van der Waals surface area contributed by atoms with Gasteiger partial charge in [0.15, 0.2) is 0 Å². The van der Waals surface area contributed by atoms with Gasteiger partial charge in [0.2, 0.25) is 0 Å². The van der Waals surface area contributed by atoms with Crippen LogP contribution in [-0.2, 0) is 0 Å². The molecule has 0 bridgehead atoms. The van der Waals surface area contributed by atoms with Crippen LogP contribution in [0.4, 0.5) is 0 Å². The van der Waals surface area contributed by atoms with Crippen molar-refractivity contribution in [3.8, 4) is 34.1 Å². The van der Waals surface area contributed by atoms with Crippen molar-refractivity contribution in [2.75, 3.05) is 28.4 Å². The van der Waals surface area contributed by atoms with Crippen LogP contribution in [-0.4, -0.2) is 28.4 Å². The van der Waals surface area contributed by atoms with Crippen molar-refractivity contribution in [3.05, 3.63) is 29.8 Å². The Hall–Kier alpha value is 0.589. The molecular formula is C17H21Ar2O4P. The monoisotopic (exact) mass is 400 g/mol. The van der Waals surface area contributed by atoms with Crippen LogP contribution in [0.5, 0.6) is 23.0 Å². The van der Waals surface area contributed by atoms with Gasteiger partial charge in [-0.3, -0.25) is 0 Å². The fraction of sp³-hybridized carbons (Fsp3) is 0.294. The number of methoxy groups -OCH3 is 4. The molecule has 0 heterocycles. The normalized spacial score (nSPS) is 9.42. The number of rotatable bonds is 5. The molecule has 2 aromatic carbocycles. The van der Waals surface area contributed by atoms with Gasteiger partial charge in [-0.25, -0.2) is 0 Å². The van der Waals surface area contributed by atoms with Gasteiger partial charge in [0.25, 0.3) is 0 Å². The first kappa shape index (κ1) is 24.6. The Kier molecular flexibility index (Phi) is 11.6. The van der Waals surface area contributed by atoms with Crippen molar-refractivity contribution >= 4 is 14.5 Å². The second-order valence-electron chi connectivity index (χ2n) is 4.82. The molecule has 0 aliphatic heterocycles. The quantitative estimate of drug-likeness (QED) is 0.723. The van der Waals surface area contributed by atoms with Gasteiger partial charge in [0.05, 0.1) is 28.4 Å². The maximum absolute atomic E-state index is 5.56. The fourth-order valence-electron chi connectivity index (χ4n) is 2.48. The van der Waals surface area contributed by atoms with Crippen LogP contribution in [0, 0.1) is 82.4 Å². The molecule has 1 atom stereocenters. The molecule has 134 valence electrons. The maximum Gasteiger partial charge on any atom is 0.131 e. The Morgan fingerprint density at radius 3 is 1.58 bits per heavy atom. The van der Waals surface area contributed by atoms with Crippen molar-refractivity contribution in [1.82, 2.24) is 0 Å². The SMILES string of the molecule is COc1cc(C)c(-c2c(P)cc(OC)cc2OC)c(OC)c1.[Ar].[Ar]. The predicted octanol–water partition coefficient (Wildman–Crippen LogP) is 3.20. The van der Waals surface area contributed by atoms with Crippen LogP contribution < -0.4 is 24.3 Å². The van der Waals surface area contributed by atoms with E-state index in [2.05, 4.69) is 9.24 Å². The average molecular weight is 400 g/mol. The predicted molar refractivity (Wildman–Crippen MR) is 92.2 cm³/mol. The summed E-state index contributed by atoms with van der Waals surface area (Å²) in [5, 5.41) is 0.975. The van der Waals surface area contributed by atoms with E-state index >= 15 is 0 Å². The van der Waals surface area contributed by atoms with E-state index in [9.17, 15) is 0 Å². The molecule has 2 rings (SSSR count). The van der Waals surface area contributed by atoms with E-state index in [0.717, 1.165) is 45.0 Å². The molecule has 0 aliphatic carbocycles. The van der Waals surface area contributed by atoms with Gasteiger partial charge in [-0.05, 0) is 29.9 Å². The summed E-state index contributed by atoms with van der Waals surface area (Å²) in [5.74, 6) is 2.98. The molecule has 0 spiro atoms. The molecule has 0 saturated heterocycles. The van der Waals surface area contributed by atoms with Crippen molar-refractivity contribution < 1.29 is 94.4 Å². The van der Waals surface area contributed by atoms with E-state index in [1.165, 1.54) is 0 Å². The number of benzene rings is 2. The zero-order valence-electron chi connectivity index (χ0n) is 14.2. The number of ether oxygens (including phenoxy) is 4. The minimum Gasteiger partial charge on any atom is -0.497 e. The first-order valence-electron chi connectivity index (χ1n) is 6.80. The molecule has 1 unspecified atom stereocenters. The molecule has 0 aliphatic rings. The summed E-state index contributed by atoms with van der Waals surface area (Å²) in [6, 6.07) is 7.67. The molecule has 0 saturated carbocycles. The van der Waals surface area contributed by atoms with Crippen LogP contribution in [0.2, 0.25) is 0 Å². The van der Waals surface area contributed by atoms with E-state index in [0.29, 0.717) is 0 Å². The molecular weight excluding hydrogens is 379 g/mol. The summed E-state index contributed by atoms with van der Waals surface area (Å²) in [6.07, 6.45) is 0. The third-order valence-corrected chi connectivity index (χ3v) is 4.00. The van der Waals surface area contributed by atoms with Crippen LogP contribution in [0.25, 0.3) is 11.1 Å². The Labute approximate surface area is 205 Å². The molecule has 0 amide bonds. The standard InChI is InChI=1S/C17H21O4P.2Ar/c1-10-6-11(18-2)7-13(20-4)16(10)17-14(21-5)8-12(19-3)9-15(17)22;;/h6-9H,22H2,1-5H3;;. The molecule has 0 N–H and O–H groups in total. The van der Waals surface area contributed by atoms with E-state index in [4.69, 9.17) is 18.9 Å². The van der Waals surface area contributed by atoms with Crippen molar-refractivity contribution in [2.45, 2.75) is 6.92 Å². The molecule has 2 aromatic rings. The third-order valence-electron chi connectivity index (χ3n) is 3.54. The smallest absolute Gasteiger partial charge is 0.131 e. The first-order chi connectivity index (χ1) is 10.5. The van der Waals surface area contributed by atoms with Crippen LogP contribution in [0.1, 0.15) is 5.56 Å². The molecule has 0 aromatic heterocycles. The molecule has 0 fully saturated rings. The van der Waals surface area contributed by atoms with Crippen LogP contribution in [0.15, 0.2) is 24.3 Å². The number of aryl methyl sites for hydroxylation is 1. The molecule has 7 heteroatoms. The van der Waals surface area contributed by atoms with Crippen molar-refractivity contribution in [1.29, 1.82) is 0 Å². The van der Waals surface area contributed by atoms with Gasteiger partial charge in [0.1, 0.15) is 23.0 Å². The van der Waals surface area contributed by atoms with Crippen LogP contribution in [0.3, 0.4) is 0 Å². The molecule has 0 radical (unpaired) electrons. The zero-order chi connectivity index (χ0) is 16.3. The van der Waals surface area contributed by atoms with Crippen molar-refractivity contribution in [3.63, 3.8) is 0 Å². The fourth-order valence-corrected chi connectivity index (χ4v) is 2.93. The Morgan fingerprint density at radius 2 is 1.12 bits per heavy atom. The first-order valence-corrected chi connectivity index (χ1v) is 7.37. The summed E-state index contributed by atoms with van der Waals surface area (Å²) in [5.41, 5.74) is 2.99. The van der Waals surface area contributed by atoms with E-state index in [-0.39, 0.29) is 75.5 Å². The third kappa shape index (κ3) is 5.30. The summed E-state index contributed by atoms with van der Waals surface area (Å²) in [7, 11) is 9.30. The van der Waals surface area contributed by atoms with Gasteiger partial charge < -0.3 is 18.9 Å². The summed E-state index contributed by atoms with van der Waals surface area (Å²) < 4.78 is 21.7. The minimum atomic E-state index is 0. The zero-order valence-corrected chi connectivity index (χ0v) is 16.8. The van der Waals surface area contributed by atoms with E-state index in [1.54, 1.807) is 28.4 Å².